The summed E-state index contributed by atoms with van der Waals surface area (Å²) in [5, 5.41) is 0. The lowest BCUT2D eigenvalue weighted by atomic mass is 9.72. The molecule has 2 heterocycles. The number of fused-ring (bicyclic) bond motifs is 1. The topological polar surface area (TPSA) is 26.8 Å². The van der Waals surface area contributed by atoms with Crippen molar-refractivity contribution in [2.45, 2.75) is 25.7 Å². The van der Waals surface area contributed by atoms with Crippen LogP contribution < -0.4 is 9.80 Å². The van der Waals surface area contributed by atoms with Crippen molar-refractivity contribution >= 4 is 42.1 Å². The molecule has 0 N–H and O–H groups in total. The van der Waals surface area contributed by atoms with Crippen molar-refractivity contribution in [1.29, 1.82) is 0 Å². The molecule has 0 spiro atoms. The number of anilines is 2. The van der Waals surface area contributed by atoms with Crippen LogP contribution in [0.5, 0.6) is 0 Å². The summed E-state index contributed by atoms with van der Waals surface area (Å²) in [6, 6.07) is 27.6. The van der Waals surface area contributed by atoms with Gasteiger partial charge in [-0.3, -0.25) is 9.69 Å². The van der Waals surface area contributed by atoms with E-state index < -0.39 is 5.41 Å². The van der Waals surface area contributed by atoms with E-state index in [-0.39, 0.29) is 30.7 Å². The van der Waals surface area contributed by atoms with Crippen molar-refractivity contribution in [3.63, 3.8) is 0 Å². The molecule has 186 valence electrons. The second kappa shape index (κ2) is 11.5. The van der Waals surface area contributed by atoms with Gasteiger partial charge in [0.1, 0.15) is 5.41 Å². The number of aryl methyl sites for hydroxylation is 1. The van der Waals surface area contributed by atoms with Gasteiger partial charge in [0.05, 0.1) is 0 Å². The van der Waals surface area contributed by atoms with E-state index >= 15 is 0 Å². The Balaban J connectivity index is 0.00000171. The van der Waals surface area contributed by atoms with Gasteiger partial charge in [-0.05, 0) is 61.7 Å². The van der Waals surface area contributed by atoms with Crippen molar-refractivity contribution in [3.8, 4) is 0 Å². The second-order valence-electron chi connectivity index (χ2n) is 9.26. The lowest BCUT2D eigenvalue weighted by Gasteiger charge is -2.38. The molecule has 3 aromatic rings. The van der Waals surface area contributed by atoms with E-state index in [1.165, 1.54) is 11.3 Å². The van der Waals surface area contributed by atoms with Crippen LogP contribution in [0.15, 0.2) is 78.9 Å². The first kappa shape index (κ1) is 27.1. The number of nitrogens with zero attached hydrogens (tertiary/aromatic N) is 3. The Morgan fingerprint density at radius 2 is 1.51 bits per heavy atom. The Kier molecular flexibility index (Phi) is 8.87. The molecule has 1 fully saturated rings. The largest absolute Gasteiger partial charge is 0.369 e. The first-order valence-corrected chi connectivity index (χ1v) is 12.1. The molecule has 5 rings (SSSR count). The number of hydrogen-bond acceptors (Lipinski definition) is 3. The summed E-state index contributed by atoms with van der Waals surface area (Å²) in [5.74, 6) is 0.218. The predicted octanol–water partition coefficient (Wildman–Crippen LogP) is 5.70. The Morgan fingerprint density at radius 3 is 2.20 bits per heavy atom. The lowest BCUT2D eigenvalue weighted by molar-refractivity contribution is -0.122. The lowest BCUT2D eigenvalue weighted by Crippen LogP contribution is -2.49. The van der Waals surface area contributed by atoms with E-state index in [4.69, 9.17) is 0 Å². The van der Waals surface area contributed by atoms with Gasteiger partial charge in [0.15, 0.2) is 0 Å². The molecule has 0 saturated carbocycles. The smallest absolute Gasteiger partial charge is 0.242 e. The number of halogens is 2. The van der Waals surface area contributed by atoms with Gasteiger partial charge >= 0.3 is 0 Å². The summed E-state index contributed by atoms with van der Waals surface area (Å²) >= 11 is 0. The molecule has 1 unspecified atom stereocenters. The molecule has 3 aromatic carbocycles. The van der Waals surface area contributed by atoms with E-state index in [0.717, 1.165) is 56.0 Å². The van der Waals surface area contributed by atoms with Crippen LogP contribution in [-0.4, -0.2) is 50.1 Å². The standard InChI is InChI=1S/C29H33N3O.2ClH/c1-3-32-27-15-8-7-14-26(27)29(28(32)33,24-11-5-4-6-12-24)16-17-30-18-20-31(21-19-30)25-13-9-10-23(2)22-25;;/h4-15,22H,3,16-21H2,1-2H3;2*1H. The van der Waals surface area contributed by atoms with E-state index in [9.17, 15) is 4.79 Å². The van der Waals surface area contributed by atoms with Gasteiger partial charge < -0.3 is 9.80 Å². The Labute approximate surface area is 221 Å². The molecule has 1 saturated heterocycles. The highest BCUT2D eigenvalue weighted by atomic mass is 35.5. The number of hydrogen-bond donors (Lipinski definition) is 0. The SMILES string of the molecule is CCN1C(=O)C(CCN2CCN(c3cccc(C)c3)CC2)(c2ccccc2)c2ccccc21.Cl.Cl. The molecule has 0 bridgehead atoms. The fourth-order valence-electron chi connectivity index (χ4n) is 5.61. The van der Waals surface area contributed by atoms with Crippen LogP contribution in [0.3, 0.4) is 0 Å². The van der Waals surface area contributed by atoms with Gasteiger partial charge in [0, 0.05) is 44.1 Å². The number of benzene rings is 3. The summed E-state index contributed by atoms with van der Waals surface area (Å²) < 4.78 is 0. The van der Waals surface area contributed by atoms with Crippen LogP contribution in [0.1, 0.15) is 30.0 Å². The highest BCUT2D eigenvalue weighted by Gasteiger charge is 2.51. The van der Waals surface area contributed by atoms with Crippen molar-refractivity contribution in [3.05, 3.63) is 95.6 Å². The third kappa shape index (κ3) is 4.93. The van der Waals surface area contributed by atoms with Gasteiger partial charge in [-0.1, -0.05) is 60.7 Å². The number of rotatable bonds is 6. The van der Waals surface area contributed by atoms with Crippen LogP contribution in [-0.2, 0) is 10.2 Å². The van der Waals surface area contributed by atoms with Crippen LogP contribution >= 0.6 is 24.8 Å². The van der Waals surface area contributed by atoms with Crippen LogP contribution in [0, 0.1) is 6.92 Å². The average Bonchev–Trinajstić information content (AvgIpc) is 3.11. The predicted molar refractivity (Wildman–Crippen MR) is 151 cm³/mol. The molecule has 35 heavy (non-hydrogen) atoms. The van der Waals surface area contributed by atoms with Gasteiger partial charge in [-0.25, -0.2) is 0 Å². The first-order valence-electron chi connectivity index (χ1n) is 12.1. The number of carbonyl (C=O) groups excluding carboxylic acids is 1. The molecule has 4 nitrogen and oxygen atoms in total. The number of likely N-dealkylation sites (N-methyl/N-ethyl adjacent to an activating group) is 1. The van der Waals surface area contributed by atoms with Crippen molar-refractivity contribution in [2.75, 3.05) is 49.1 Å². The fourth-order valence-corrected chi connectivity index (χ4v) is 5.61. The number of piperazine rings is 1. The van der Waals surface area contributed by atoms with E-state index in [1.54, 1.807) is 0 Å². The maximum absolute atomic E-state index is 14.0. The fraction of sp³-hybridized carbons (Fsp3) is 0.345. The quantitative estimate of drug-likeness (QED) is 0.424. The molecule has 6 heteroatoms. The van der Waals surface area contributed by atoms with Crippen LogP contribution in [0.2, 0.25) is 0 Å². The minimum atomic E-state index is -0.610. The van der Waals surface area contributed by atoms with Gasteiger partial charge in [-0.2, -0.15) is 0 Å². The molecule has 0 radical (unpaired) electrons. The third-order valence-electron chi connectivity index (χ3n) is 7.39. The van der Waals surface area contributed by atoms with Crippen LogP contribution in [0.4, 0.5) is 11.4 Å². The first-order chi connectivity index (χ1) is 16.1. The zero-order chi connectivity index (χ0) is 22.8. The summed E-state index contributed by atoms with van der Waals surface area (Å²) in [4.78, 5) is 20.9. The molecule has 2 aliphatic heterocycles. The highest BCUT2D eigenvalue weighted by molar-refractivity contribution is 6.10. The van der Waals surface area contributed by atoms with E-state index in [2.05, 4.69) is 90.4 Å². The normalized spacial score (nSPS) is 19.7. The second-order valence-corrected chi connectivity index (χ2v) is 9.26. The summed E-state index contributed by atoms with van der Waals surface area (Å²) in [6.45, 7) is 9.91. The van der Waals surface area contributed by atoms with E-state index in [1.807, 2.05) is 17.0 Å². The van der Waals surface area contributed by atoms with Gasteiger partial charge in [-0.15, -0.1) is 24.8 Å². The maximum atomic E-state index is 14.0. The Hall–Kier alpha value is -2.53. The molecule has 1 amide bonds. The Morgan fingerprint density at radius 1 is 0.829 bits per heavy atom. The summed E-state index contributed by atoms with van der Waals surface area (Å²) in [7, 11) is 0. The molecule has 2 aliphatic rings. The maximum Gasteiger partial charge on any atom is 0.242 e. The minimum absolute atomic E-state index is 0. The average molecular weight is 513 g/mol. The number of para-hydroxylation sites is 1. The Bertz CT molecular complexity index is 1130. The van der Waals surface area contributed by atoms with Crippen molar-refractivity contribution < 1.29 is 4.79 Å². The van der Waals surface area contributed by atoms with Gasteiger partial charge in [0.25, 0.3) is 0 Å². The molecule has 0 aliphatic carbocycles. The summed E-state index contributed by atoms with van der Waals surface area (Å²) in [5.41, 5.74) is 5.34. The van der Waals surface area contributed by atoms with E-state index in [0.29, 0.717) is 6.54 Å². The minimum Gasteiger partial charge on any atom is -0.369 e. The monoisotopic (exact) mass is 511 g/mol. The summed E-state index contributed by atoms with van der Waals surface area (Å²) in [6.07, 6.45) is 0.799. The van der Waals surface area contributed by atoms with Gasteiger partial charge in [0.2, 0.25) is 5.91 Å². The molecular weight excluding hydrogens is 477 g/mol. The highest BCUT2D eigenvalue weighted by Crippen LogP contribution is 2.48. The number of carbonyl (C=O) groups is 1. The van der Waals surface area contributed by atoms with Crippen LogP contribution in [0.25, 0.3) is 0 Å². The third-order valence-corrected chi connectivity index (χ3v) is 7.39. The van der Waals surface area contributed by atoms with Crippen molar-refractivity contribution in [1.82, 2.24) is 4.90 Å². The zero-order valence-corrected chi connectivity index (χ0v) is 22.2. The molecular formula is C29H35Cl2N3O. The molecule has 1 atom stereocenters. The molecule has 0 aromatic heterocycles. The van der Waals surface area contributed by atoms with Crippen molar-refractivity contribution in [2.24, 2.45) is 0 Å². The number of amides is 1. The zero-order valence-electron chi connectivity index (χ0n) is 20.5.